The summed E-state index contributed by atoms with van der Waals surface area (Å²) >= 11 is 5.95. The molecule has 1 aliphatic heterocycles. The molecule has 8 nitrogen and oxygen atoms in total. The fourth-order valence-electron chi connectivity index (χ4n) is 2.39. The molecular weight excluding hydrogens is 376 g/mol. The van der Waals surface area contributed by atoms with Crippen molar-refractivity contribution in [3.63, 3.8) is 0 Å². The molecular formula is C18H17ClN2O6. The molecule has 0 aliphatic carbocycles. The van der Waals surface area contributed by atoms with E-state index in [1.807, 2.05) is 0 Å². The van der Waals surface area contributed by atoms with Crippen molar-refractivity contribution in [3.05, 3.63) is 40.9 Å². The zero-order valence-electron chi connectivity index (χ0n) is 14.6. The van der Waals surface area contributed by atoms with Crippen LogP contribution in [0.15, 0.2) is 30.3 Å². The minimum Gasteiger partial charge on any atom is -0.496 e. The van der Waals surface area contributed by atoms with Gasteiger partial charge in [0.15, 0.2) is 17.6 Å². The molecule has 27 heavy (non-hydrogen) atoms. The first kappa shape index (κ1) is 18.7. The van der Waals surface area contributed by atoms with Crippen LogP contribution in [0.3, 0.4) is 0 Å². The van der Waals surface area contributed by atoms with Crippen LogP contribution in [0.5, 0.6) is 17.2 Å². The quantitative estimate of drug-likeness (QED) is 0.594. The lowest BCUT2D eigenvalue weighted by Gasteiger charge is -2.15. The van der Waals surface area contributed by atoms with Crippen molar-refractivity contribution < 1.29 is 28.5 Å². The first-order chi connectivity index (χ1) is 12.9. The van der Waals surface area contributed by atoms with Crippen LogP contribution in [0.4, 0.5) is 11.4 Å². The number of amides is 1. The molecule has 0 radical (unpaired) electrons. The number of esters is 1. The summed E-state index contributed by atoms with van der Waals surface area (Å²) in [5.74, 6) is 0.0496. The highest BCUT2D eigenvalue weighted by molar-refractivity contribution is 6.33. The zero-order valence-corrected chi connectivity index (χ0v) is 15.3. The number of nitrogens with one attached hydrogen (secondary N) is 1. The number of fused-ring (bicyclic) bond motifs is 1. The van der Waals surface area contributed by atoms with E-state index >= 15 is 0 Å². The van der Waals surface area contributed by atoms with Crippen LogP contribution in [0.2, 0.25) is 5.02 Å². The minimum atomic E-state index is -1.07. The molecule has 2 aromatic rings. The monoisotopic (exact) mass is 392 g/mol. The molecule has 0 unspecified atom stereocenters. The van der Waals surface area contributed by atoms with E-state index in [-0.39, 0.29) is 28.8 Å². The summed E-state index contributed by atoms with van der Waals surface area (Å²) in [5.41, 5.74) is 6.51. The Kier molecular flexibility index (Phi) is 5.27. The van der Waals surface area contributed by atoms with E-state index in [0.29, 0.717) is 17.2 Å². The van der Waals surface area contributed by atoms with Crippen molar-refractivity contribution >= 4 is 34.9 Å². The molecule has 3 rings (SSSR count). The van der Waals surface area contributed by atoms with E-state index in [2.05, 4.69) is 5.32 Å². The molecule has 142 valence electrons. The molecule has 3 N–H and O–H groups in total. The Morgan fingerprint density at radius 1 is 1.22 bits per heavy atom. The third-order valence-corrected chi connectivity index (χ3v) is 4.16. The van der Waals surface area contributed by atoms with Gasteiger partial charge in [-0.05, 0) is 25.1 Å². The average molecular weight is 393 g/mol. The molecule has 0 saturated carbocycles. The number of methoxy groups -OCH3 is 1. The number of hydrogen-bond donors (Lipinski definition) is 2. The standard InChI is InChI=1S/C18H17ClN2O6/c1-9(17(22)21-10-3-4-14-16(5-10)26-8-25-14)27-18(23)11-6-12(19)13(20)7-15(11)24-2/h3-7,9H,8,20H2,1-2H3,(H,21,22)/t9-/m1/s1. The van der Waals surface area contributed by atoms with E-state index in [1.54, 1.807) is 18.2 Å². The molecule has 0 bridgehead atoms. The molecule has 1 heterocycles. The van der Waals surface area contributed by atoms with Gasteiger partial charge in [-0.1, -0.05) is 11.6 Å². The number of nitrogens with two attached hydrogens (primary N) is 1. The highest BCUT2D eigenvalue weighted by Gasteiger charge is 2.23. The van der Waals surface area contributed by atoms with Gasteiger partial charge in [0.25, 0.3) is 5.91 Å². The smallest absolute Gasteiger partial charge is 0.342 e. The molecule has 2 aromatic carbocycles. The number of carbonyl (C=O) groups is 2. The third kappa shape index (κ3) is 4.01. The second kappa shape index (κ2) is 7.63. The zero-order chi connectivity index (χ0) is 19.6. The number of benzene rings is 2. The minimum absolute atomic E-state index is 0.0689. The molecule has 1 aliphatic rings. The number of nitrogen functional groups attached to an aromatic ring is 1. The summed E-state index contributed by atoms with van der Waals surface area (Å²) in [6.45, 7) is 1.58. The van der Waals surface area contributed by atoms with Gasteiger partial charge >= 0.3 is 5.97 Å². The Labute approximate surface area is 160 Å². The van der Waals surface area contributed by atoms with Crippen molar-refractivity contribution in [1.82, 2.24) is 0 Å². The van der Waals surface area contributed by atoms with Crippen molar-refractivity contribution in [3.8, 4) is 17.2 Å². The van der Waals surface area contributed by atoms with E-state index in [4.69, 9.17) is 36.3 Å². The van der Waals surface area contributed by atoms with Crippen LogP contribution < -0.4 is 25.3 Å². The van der Waals surface area contributed by atoms with Gasteiger partial charge in [-0.25, -0.2) is 4.79 Å². The number of hydrogen-bond acceptors (Lipinski definition) is 7. The lowest BCUT2D eigenvalue weighted by atomic mass is 10.2. The fourth-order valence-corrected chi connectivity index (χ4v) is 2.56. The number of anilines is 2. The molecule has 0 saturated heterocycles. The van der Waals surface area contributed by atoms with Gasteiger partial charge in [0.1, 0.15) is 11.3 Å². The Balaban J connectivity index is 1.67. The maximum atomic E-state index is 12.4. The Bertz CT molecular complexity index is 902. The molecule has 9 heteroatoms. The molecule has 0 aromatic heterocycles. The van der Waals surface area contributed by atoms with E-state index in [9.17, 15) is 9.59 Å². The normalized spacial score (nSPS) is 13.0. The number of carbonyl (C=O) groups excluding carboxylic acids is 2. The number of rotatable bonds is 5. The molecule has 0 fully saturated rings. The van der Waals surface area contributed by atoms with E-state index in [0.717, 1.165) is 0 Å². The SMILES string of the molecule is COc1cc(N)c(Cl)cc1C(=O)O[C@H](C)C(=O)Nc1ccc2c(c1)OCO2. The van der Waals surface area contributed by atoms with Crippen LogP contribution in [0.1, 0.15) is 17.3 Å². The Hall–Kier alpha value is -3.13. The summed E-state index contributed by atoms with van der Waals surface area (Å²) in [6, 6.07) is 7.70. The number of halogens is 1. The first-order valence-electron chi connectivity index (χ1n) is 7.93. The van der Waals surface area contributed by atoms with Gasteiger partial charge in [-0.3, -0.25) is 4.79 Å². The summed E-state index contributed by atoms with van der Waals surface area (Å²) < 4.78 is 20.8. The molecule has 1 atom stereocenters. The van der Waals surface area contributed by atoms with Gasteiger partial charge < -0.3 is 30.0 Å². The van der Waals surface area contributed by atoms with Gasteiger partial charge in [0.2, 0.25) is 6.79 Å². The highest BCUT2D eigenvalue weighted by atomic mass is 35.5. The van der Waals surface area contributed by atoms with E-state index in [1.165, 1.54) is 26.2 Å². The van der Waals surface area contributed by atoms with Gasteiger partial charge in [0, 0.05) is 17.8 Å². The lowest BCUT2D eigenvalue weighted by Crippen LogP contribution is -2.30. The van der Waals surface area contributed by atoms with Gasteiger partial charge in [-0.2, -0.15) is 0 Å². The van der Waals surface area contributed by atoms with Crippen molar-refractivity contribution in [2.45, 2.75) is 13.0 Å². The van der Waals surface area contributed by atoms with Crippen molar-refractivity contribution in [2.24, 2.45) is 0 Å². The summed E-state index contributed by atoms with van der Waals surface area (Å²) in [4.78, 5) is 24.7. The molecule has 0 spiro atoms. The Morgan fingerprint density at radius 3 is 2.70 bits per heavy atom. The maximum Gasteiger partial charge on any atom is 0.342 e. The largest absolute Gasteiger partial charge is 0.496 e. The predicted molar refractivity (Wildman–Crippen MR) is 98.5 cm³/mol. The van der Waals surface area contributed by atoms with Crippen LogP contribution in [-0.2, 0) is 9.53 Å². The first-order valence-corrected chi connectivity index (χ1v) is 8.31. The topological polar surface area (TPSA) is 109 Å². The van der Waals surface area contributed by atoms with Gasteiger partial charge in [-0.15, -0.1) is 0 Å². The van der Waals surface area contributed by atoms with Crippen LogP contribution in [0, 0.1) is 0 Å². The second-order valence-electron chi connectivity index (χ2n) is 5.68. The van der Waals surface area contributed by atoms with Crippen molar-refractivity contribution in [1.29, 1.82) is 0 Å². The predicted octanol–water partition coefficient (Wildman–Crippen LogP) is 2.84. The van der Waals surface area contributed by atoms with Gasteiger partial charge in [0.05, 0.1) is 17.8 Å². The summed E-state index contributed by atoms with van der Waals surface area (Å²) in [6.07, 6.45) is -1.07. The van der Waals surface area contributed by atoms with Crippen molar-refractivity contribution in [2.75, 3.05) is 25.0 Å². The molecule has 1 amide bonds. The third-order valence-electron chi connectivity index (χ3n) is 3.83. The fraction of sp³-hybridized carbons (Fsp3) is 0.222. The van der Waals surface area contributed by atoms with Crippen LogP contribution >= 0.6 is 11.6 Å². The lowest BCUT2D eigenvalue weighted by molar-refractivity contribution is -0.123. The van der Waals surface area contributed by atoms with E-state index < -0.39 is 18.0 Å². The van der Waals surface area contributed by atoms with Crippen LogP contribution in [0.25, 0.3) is 0 Å². The second-order valence-corrected chi connectivity index (χ2v) is 6.09. The number of ether oxygens (including phenoxy) is 4. The average Bonchev–Trinajstić information content (AvgIpc) is 3.11. The Morgan fingerprint density at radius 2 is 1.96 bits per heavy atom. The summed E-state index contributed by atoms with van der Waals surface area (Å²) in [5, 5.41) is 2.83. The van der Waals surface area contributed by atoms with Crippen LogP contribution in [-0.4, -0.2) is 31.9 Å². The highest BCUT2D eigenvalue weighted by Crippen LogP contribution is 2.34. The maximum absolute atomic E-state index is 12.4. The summed E-state index contributed by atoms with van der Waals surface area (Å²) in [7, 11) is 1.38.